The second kappa shape index (κ2) is 6.77. The smallest absolute Gasteiger partial charge is 0.130 e. The lowest BCUT2D eigenvalue weighted by molar-refractivity contribution is 0.587. The largest absolute Gasteiger partial charge is 0.313 e. The Morgan fingerprint density at radius 3 is 2.75 bits per heavy atom. The lowest BCUT2D eigenvalue weighted by atomic mass is 9.99. The number of hydrogen-bond donors (Lipinski definition) is 1. The van der Waals surface area contributed by atoms with E-state index in [-0.39, 0.29) is 6.04 Å². The molecule has 6 heteroatoms. The monoisotopic (exact) mass is 467 g/mol. The topological polar surface area (TPSA) is 29.9 Å². The average molecular weight is 469 g/mol. The van der Waals surface area contributed by atoms with Crippen molar-refractivity contribution in [2.45, 2.75) is 19.4 Å². The highest BCUT2D eigenvalue weighted by Crippen LogP contribution is 2.29. The third kappa shape index (κ3) is 3.37. The number of rotatable bonds is 4. The van der Waals surface area contributed by atoms with E-state index in [2.05, 4.69) is 67.1 Å². The molecule has 0 fully saturated rings. The highest BCUT2D eigenvalue weighted by Gasteiger charge is 2.19. The van der Waals surface area contributed by atoms with Crippen molar-refractivity contribution in [2.75, 3.05) is 7.05 Å². The van der Waals surface area contributed by atoms with E-state index < -0.39 is 0 Å². The summed E-state index contributed by atoms with van der Waals surface area (Å²) in [4.78, 5) is 0. The van der Waals surface area contributed by atoms with Crippen LogP contribution in [0.1, 0.15) is 22.9 Å². The number of nitrogens with one attached hydrogen (secondary N) is 1. The van der Waals surface area contributed by atoms with Gasteiger partial charge in [0, 0.05) is 26.7 Å². The third-order valence-electron chi connectivity index (χ3n) is 3.36. The second-order valence-electron chi connectivity index (χ2n) is 4.69. The van der Waals surface area contributed by atoms with Gasteiger partial charge in [0.1, 0.15) is 5.15 Å². The minimum Gasteiger partial charge on any atom is -0.313 e. The maximum absolute atomic E-state index is 6.34. The van der Waals surface area contributed by atoms with E-state index in [1.54, 1.807) is 4.68 Å². The first-order valence-electron chi connectivity index (χ1n) is 6.24. The van der Waals surface area contributed by atoms with Crippen molar-refractivity contribution in [2.24, 2.45) is 7.05 Å². The first kappa shape index (κ1) is 16.3. The molecule has 1 heterocycles. The van der Waals surface area contributed by atoms with Crippen LogP contribution < -0.4 is 5.32 Å². The molecular weight excluding hydrogens is 452 g/mol. The number of benzene rings is 1. The zero-order valence-corrected chi connectivity index (χ0v) is 16.0. The molecule has 0 saturated heterocycles. The summed E-state index contributed by atoms with van der Waals surface area (Å²) in [5.74, 6) is 0. The number of nitrogens with zero attached hydrogens (tertiary/aromatic N) is 2. The maximum Gasteiger partial charge on any atom is 0.130 e. The molecule has 0 aliphatic rings. The van der Waals surface area contributed by atoms with E-state index in [0.717, 1.165) is 22.2 Å². The van der Waals surface area contributed by atoms with Crippen LogP contribution in [0.15, 0.2) is 22.7 Å². The molecule has 1 aromatic heterocycles. The van der Waals surface area contributed by atoms with Crippen molar-refractivity contribution in [3.05, 3.63) is 48.2 Å². The van der Waals surface area contributed by atoms with Crippen LogP contribution >= 0.6 is 50.1 Å². The van der Waals surface area contributed by atoms with Crippen molar-refractivity contribution in [1.29, 1.82) is 0 Å². The highest BCUT2D eigenvalue weighted by molar-refractivity contribution is 14.1. The molecule has 108 valence electrons. The van der Waals surface area contributed by atoms with Crippen LogP contribution in [-0.2, 0) is 13.5 Å². The van der Waals surface area contributed by atoms with Crippen molar-refractivity contribution in [3.8, 4) is 0 Å². The van der Waals surface area contributed by atoms with Crippen molar-refractivity contribution in [3.63, 3.8) is 0 Å². The molecule has 0 spiro atoms. The van der Waals surface area contributed by atoms with Crippen molar-refractivity contribution < 1.29 is 0 Å². The van der Waals surface area contributed by atoms with Gasteiger partial charge in [-0.05, 0) is 66.7 Å². The normalized spacial score (nSPS) is 12.7. The lowest BCUT2D eigenvalue weighted by Crippen LogP contribution is -2.20. The van der Waals surface area contributed by atoms with E-state index >= 15 is 0 Å². The van der Waals surface area contributed by atoms with Gasteiger partial charge in [-0.3, -0.25) is 4.68 Å². The Morgan fingerprint density at radius 1 is 1.50 bits per heavy atom. The molecule has 1 aromatic carbocycles. The summed E-state index contributed by atoms with van der Waals surface area (Å²) in [5, 5.41) is 8.47. The summed E-state index contributed by atoms with van der Waals surface area (Å²) >= 11 is 12.2. The van der Waals surface area contributed by atoms with Gasteiger partial charge in [0.05, 0.1) is 5.69 Å². The van der Waals surface area contributed by atoms with Crippen LogP contribution in [0.4, 0.5) is 0 Å². The molecule has 1 atom stereocenters. The highest BCUT2D eigenvalue weighted by atomic mass is 127. The molecule has 1 N–H and O–H groups in total. The Balaban J connectivity index is 2.36. The van der Waals surface area contributed by atoms with Gasteiger partial charge in [-0.15, -0.1) is 0 Å². The van der Waals surface area contributed by atoms with Gasteiger partial charge in [0.2, 0.25) is 0 Å². The molecular formula is C14H16BrClIN3. The molecule has 0 radical (unpaired) electrons. The molecule has 3 nitrogen and oxygen atoms in total. The molecule has 2 aromatic rings. The summed E-state index contributed by atoms with van der Waals surface area (Å²) in [6, 6.07) is 6.53. The van der Waals surface area contributed by atoms with E-state index in [4.69, 9.17) is 11.6 Å². The van der Waals surface area contributed by atoms with E-state index in [0.29, 0.717) is 5.15 Å². The van der Waals surface area contributed by atoms with Crippen LogP contribution in [0, 0.1) is 10.5 Å². The van der Waals surface area contributed by atoms with Crippen LogP contribution in [0.3, 0.4) is 0 Å². The van der Waals surface area contributed by atoms with E-state index in [1.165, 1.54) is 9.13 Å². The fraction of sp³-hybridized carbons (Fsp3) is 0.357. The first-order chi connectivity index (χ1) is 9.43. The molecule has 0 bridgehead atoms. The predicted molar refractivity (Wildman–Crippen MR) is 95.3 cm³/mol. The van der Waals surface area contributed by atoms with Gasteiger partial charge < -0.3 is 5.32 Å². The quantitative estimate of drug-likeness (QED) is 0.680. The summed E-state index contributed by atoms with van der Waals surface area (Å²) < 4.78 is 4.05. The number of hydrogen-bond acceptors (Lipinski definition) is 2. The van der Waals surface area contributed by atoms with Gasteiger partial charge in [-0.25, -0.2) is 0 Å². The number of aryl methyl sites for hydroxylation is 2. The van der Waals surface area contributed by atoms with Crippen LogP contribution in [0.5, 0.6) is 0 Å². The maximum atomic E-state index is 6.34. The minimum absolute atomic E-state index is 0.208. The molecule has 20 heavy (non-hydrogen) atoms. The fourth-order valence-corrected chi connectivity index (χ4v) is 3.60. The van der Waals surface area contributed by atoms with E-state index in [9.17, 15) is 0 Å². The molecule has 0 saturated carbocycles. The van der Waals surface area contributed by atoms with Gasteiger partial charge in [0.25, 0.3) is 0 Å². The van der Waals surface area contributed by atoms with E-state index in [1.807, 2.05) is 21.0 Å². The molecule has 0 aliphatic carbocycles. The van der Waals surface area contributed by atoms with Crippen LogP contribution in [0.25, 0.3) is 0 Å². The third-order valence-corrected chi connectivity index (χ3v) is 5.31. The van der Waals surface area contributed by atoms with Crippen molar-refractivity contribution >= 4 is 50.1 Å². The zero-order valence-electron chi connectivity index (χ0n) is 11.5. The zero-order chi connectivity index (χ0) is 14.9. The van der Waals surface area contributed by atoms with Crippen molar-refractivity contribution in [1.82, 2.24) is 15.1 Å². The Morgan fingerprint density at radius 2 is 2.20 bits per heavy atom. The Kier molecular flexibility index (Phi) is 5.50. The second-order valence-corrected chi connectivity index (χ2v) is 7.13. The lowest BCUT2D eigenvalue weighted by Gasteiger charge is -2.18. The van der Waals surface area contributed by atoms with Crippen LogP contribution in [0.2, 0.25) is 5.15 Å². The average Bonchev–Trinajstić information content (AvgIpc) is 2.65. The van der Waals surface area contributed by atoms with Gasteiger partial charge in [-0.1, -0.05) is 27.5 Å². The Bertz CT molecular complexity index is 627. The standard InChI is InChI=1S/C14H16BrClIN3/c1-8-10(14(16)20(3)19-8)7-13(18-2)11-6-9(15)4-5-12(11)17/h4-6,13,18H,7H2,1-3H3. The number of halogens is 3. The molecule has 0 aliphatic heterocycles. The van der Waals surface area contributed by atoms with Crippen LogP contribution in [-0.4, -0.2) is 16.8 Å². The number of aromatic nitrogens is 2. The SMILES string of the molecule is CNC(Cc1c(C)nn(C)c1Cl)c1cc(Br)ccc1I. The Labute approximate surface area is 146 Å². The molecule has 2 rings (SSSR count). The van der Waals surface area contributed by atoms with Gasteiger partial charge in [0.15, 0.2) is 0 Å². The summed E-state index contributed by atoms with van der Waals surface area (Å²) in [6.45, 7) is 2.00. The molecule has 1 unspecified atom stereocenters. The fourth-order valence-electron chi connectivity index (χ4n) is 2.26. The minimum atomic E-state index is 0.208. The van der Waals surface area contributed by atoms with Gasteiger partial charge in [-0.2, -0.15) is 5.10 Å². The summed E-state index contributed by atoms with van der Waals surface area (Å²) in [6.07, 6.45) is 0.821. The Hall–Kier alpha value is -0.110. The summed E-state index contributed by atoms with van der Waals surface area (Å²) in [7, 11) is 3.84. The number of likely N-dealkylation sites (N-methyl/N-ethyl adjacent to an activating group) is 1. The summed E-state index contributed by atoms with van der Waals surface area (Å²) in [5.41, 5.74) is 3.36. The first-order valence-corrected chi connectivity index (χ1v) is 8.49. The predicted octanol–water partition coefficient (Wildman–Crippen LogP) is 4.25. The molecule has 0 amide bonds. The van der Waals surface area contributed by atoms with Gasteiger partial charge >= 0.3 is 0 Å².